The second-order valence-electron chi connectivity index (χ2n) is 7.60. The number of hydrogen-bond acceptors (Lipinski definition) is 5. The van der Waals surface area contributed by atoms with Crippen LogP contribution in [0.2, 0.25) is 5.02 Å². The fraction of sp³-hybridized carbons (Fsp3) is 0.154. The van der Waals surface area contributed by atoms with Crippen LogP contribution in [0.3, 0.4) is 0 Å². The van der Waals surface area contributed by atoms with Crippen LogP contribution in [0.4, 0.5) is 5.69 Å². The van der Waals surface area contributed by atoms with Crippen molar-refractivity contribution in [2.24, 2.45) is 4.99 Å². The average molecular weight is 479 g/mol. The van der Waals surface area contributed by atoms with Crippen molar-refractivity contribution < 1.29 is 14.3 Å². The number of amidine groups is 1. The maximum atomic E-state index is 12.5. The molecule has 1 amide bonds. The third kappa shape index (κ3) is 5.78. The highest BCUT2D eigenvalue weighted by Crippen LogP contribution is 2.33. The molecule has 3 aromatic rings. The Morgan fingerprint density at radius 1 is 1.03 bits per heavy atom. The van der Waals surface area contributed by atoms with Crippen molar-refractivity contribution in [3.8, 4) is 11.5 Å². The highest BCUT2D eigenvalue weighted by Gasteiger charge is 2.24. The summed E-state index contributed by atoms with van der Waals surface area (Å²) in [5, 5.41) is 4.09. The van der Waals surface area contributed by atoms with Gasteiger partial charge in [0.15, 0.2) is 16.7 Å². The number of aliphatic imine (C=N–C) groups is 1. The van der Waals surface area contributed by atoms with Gasteiger partial charge in [0.1, 0.15) is 6.61 Å². The van der Waals surface area contributed by atoms with E-state index < -0.39 is 0 Å². The number of rotatable bonds is 6. The van der Waals surface area contributed by atoms with E-state index in [-0.39, 0.29) is 5.91 Å². The summed E-state index contributed by atoms with van der Waals surface area (Å²) in [6.07, 6.45) is 1.82. The maximum Gasteiger partial charge on any atom is 0.264 e. The molecule has 1 aliphatic heterocycles. The number of nitrogens with zero attached hydrogens (tertiary/aromatic N) is 1. The minimum atomic E-state index is -0.175. The summed E-state index contributed by atoms with van der Waals surface area (Å²) in [7, 11) is 1.59. The van der Waals surface area contributed by atoms with E-state index >= 15 is 0 Å². The standard InChI is InChI=1S/C26H23ClN2O3S/c1-16-4-5-17(2)21(12-16)28-26-29-25(30)24(33-26)14-19-8-11-22(23(13-19)31-3)32-15-18-6-9-20(27)10-7-18/h4-14H,15H2,1-3H3,(H,28,29,30). The third-order valence-electron chi connectivity index (χ3n) is 5.03. The summed E-state index contributed by atoms with van der Waals surface area (Å²) in [6.45, 7) is 4.41. The molecule has 0 bridgehead atoms. The zero-order valence-electron chi connectivity index (χ0n) is 18.5. The number of halogens is 1. The van der Waals surface area contributed by atoms with Crippen LogP contribution < -0.4 is 14.8 Å². The van der Waals surface area contributed by atoms with Crippen LogP contribution in [0.5, 0.6) is 11.5 Å². The summed E-state index contributed by atoms with van der Waals surface area (Å²) in [5.41, 5.74) is 4.86. The molecule has 1 aliphatic rings. The van der Waals surface area contributed by atoms with Gasteiger partial charge in [0, 0.05) is 5.02 Å². The lowest BCUT2D eigenvalue weighted by Crippen LogP contribution is -2.19. The van der Waals surface area contributed by atoms with Gasteiger partial charge >= 0.3 is 0 Å². The van der Waals surface area contributed by atoms with Crippen LogP contribution >= 0.6 is 23.4 Å². The van der Waals surface area contributed by atoms with Gasteiger partial charge in [-0.05, 0) is 84.3 Å². The first-order valence-electron chi connectivity index (χ1n) is 10.3. The Morgan fingerprint density at radius 2 is 1.82 bits per heavy atom. The van der Waals surface area contributed by atoms with E-state index in [1.807, 2.05) is 80.6 Å². The first-order chi connectivity index (χ1) is 15.9. The molecule has 0 unspecified atom stereocenters. The van der Waals surface area contributed by atoms with E-state index in [0.29, 0.717) is 33.2 Å². The number of nitrogens with one attached hydrogen (secondary N) is 1. The smallest absolute Gasteiger partial charge is 0.264 e. The maximum absolute atomic E-state index is 12.5. The number of aryl methyl sites for hydroxylation is 2. The number of carbonyl (C=O) groups excluding carboxylic acids is 1. The lowest BCUT2D eigenvalue weighted by atomic mass is 10.1. The number of thioether (sulfide) groups is 1. The lowest BCUT2D eigenvalue weighted by Gasteiger charge is -2.11. The van der Waals surface area contributed by atoms with Crippen molar-refractivity contribution in [3.05, 3.63) is 92.8 Å². The van der Waals surface area contributed by atoms with E-state index in [2.05, 4.69) is 10.3 Å². The summed E-state index contributed by atoms with van der Waals surface area (Å²) in [5.74, 6) is 1.03. The number of carbonyl (C=O) groups is 1. The van der Waals surface area contributed by atoms with Gasteiger partial charge in [-0.3, -0.25) is 4.79 Å². The van der Waals surface area contributed by atoms with Crippen LogP contribution in [-0.2, 0) is 11.4 Å². The monoisotopic (exact) mass is 478 g/mol. The molecule has 33 heavy (non-hydrogen) atoms. The number of methoxy groups -OCH3 is 1. The van der Waals surface area contributed by atoms with Gasteiger partial charge in [-0.2, -0.15) is 0 Å². The molecule has 1 N–H and O–H groups in total. The van der Waals surface area contributed by atoms with Crippen molar-refractivity contribution >= 4 is 46.2 Å². The van der Waals surface area contributed by atoms with Crippen LogP contribution in [-0.4, -0.2) is 18.2 Å². The Bertz CT molecular complexity index is 1250. The van der Waals surface area contributed by atoms with E-state index in [9.17, 15) is 4.79 Å². The largest absolute Gasteiger partial charge is 0.493 e. The summed E-state index contributed by atoms with van der Waals surface area (Å²) < 4.78 is 11.4. The highest BCUT2D eigenvalue weighted by atomic mass is 35.5. The van der Waals surface area contributed by atoms with Crippen LogP contribution in [0.1, 0.15) is 22.3 Å². The molecule has 0 atom stereocenters. The molecule has 4 rings (SSSR count). The molecule has 0 aliphatic carbocycles. The Hall–Kier alpha value is -3.22. The Morgan fingerprint density at radius 3 is 2.58 bits per heavy atom. The van der Waals surface area contributed by atoms with Gasteiger partial charge < -0.3 is 14.8 Å². The van der Waals surface area contributed by atoms with Gasteiger partial charge in [0.2, 0.25) is 0 Å². The van der Waals surface area contributed by atoms with Crippen molar-refractivity contribution in [1.82, 2.24) is 5.32 Å². The average Bonchev–Trinajstić information content (AvgIpc) is 3.14. The first kappa shape index (κ1) is 23.0. The lowest BCUT2D eigenvalue weighted by molar-refractivity contribution is -0.115. The molecule has 168 valence electrons. The Kier molecular flexibility index (Phi) is 7.06. The van der Waals surface area contributed by atoms with E-state index in [1.165, 1.54) is 11.8 Å². The van der Waals surface area contributed by atoms with Gasteiger partial charge in [-0.1, -0.05) is 41.9 Å². The van der Waals surface area contributed by atoms with Crippen LogP contribution in [0, 0.1) is 13.8 Å². The van der Waals surface area contributed by atoms with Gasteiger partial charge in [0.05, 0.1) is 17.7 Å². The summed E-state index contributed by atoms with van der Waals surface area (Å²) in [6, 6.07) is 19.1. The van der Waals surface area contributed by atoms with Crippen molar-refractivity contribution in [2.45, 2.75) is 20.5 Å². The molecule has 1 saturated heterocycles. The third-order valence-corrected chi connectivity index (χ3v) is 6.19. The molecule has 0 aromatic heterocycles. The second-order valence-corrected chi connectivity index (χ2v) is 9.06. The minimum Gasteiger partial charge on any atom is -0.493 e. The normalized spacial score (nSPS) is 15.7. The van der Waals surface area contributed by atoms with E-state index in [0.717, 1.165) is 27.9 Å². The quantitative estimate of drug-likeness (QED) is 0.414. The summed E-state index contributed by atoms with van der Waals surface area (Å²) in [4.78, 5) is 17.7. The molecule has 0 saturated carbocycles. The predicted molar refractivity (Wildman–Crippen MR) is 135 cm³/mol. The van der Waals surface area contributed by atoms with Crippen molar-refractivity contribution in [3.63, 3.8) is 0 Å². The Balaban J connectivity index is 1.50. The Labute approximate surface area is 202 Å². The zero-order chi connectivity index (χ0) is 23.4. The molecule has 1 heterocycles. The number of benzene rings is 3. The van der Waals surface area contributed by atoms with Gasteiger partial charge in [0.25, 0.3) is 5.91 Å². The van der Waals surface area contributed by atoms with E-state index in [4.69, 9.17) is 21.1 Å². The fourth-order valence-electron chi connectivity index (χ4n) is 3.22. The van der Waals surface area contributed by atoms with E-state index in [1.54, 1.807) is 7.11 Å². The number of hydrogen-bond donors (Lipinski definition) is 1. The van der Waals surface area contributed by atoms with Crippen LogP contribution in [0.15, 0.2) is 70.6 Å². The second kappa shape index (κ2) is 10.1. The van der Waals surface area contributed by atoms with Crippen LogP contribution in [0.25, 0.3) is 6.08 Å². The topological polar surface area (TPSA) is 59.9 Å². The molecular weight excluding hydrogens is 456 g/mol. The van der Waals surface area contributed by atoms with Gasteiger partial charge in [-0.25, -0.2) is 4.99 Å². The number of ether oxygens (including phenoxy) is 2. The predicted octanol–water partition coefficient (Wildman–Crippen LogP) is 6.44. The molecular formula is C26H23ClN2O3S. The highest BCUT2D eigenvalue weighted by molar-refractivity contribution is 8.18. The molecule has 3 aromatic carbocycles. The SMILES string of the molecule is COc1cc(C=C2SC(=Nc3cc(C)ccc3C)NC2=O)ccc1OCc1ccc(Cl)cc1. The molecule has 0 spiro atoms. The molecule has 1 fully saturated rings. The first-order valence-corrected chi connectivity index (χ1v) is 11.5. The zero-order valence-corrected chi connectivity index (χ0v) is 20.1. The fourth-order valence-corrected chi connectivity index (χ4v) is 4.18. The van der Waals surface area contributed by atoms with Crippen molar-refractivity contribution in [2.75, 3.05) is 7.11 Å². The summed E-state index contributed by atoms with van der Waals surface area (Å²) >= 11 is 7.25. The van der Waals surface area contributed by atoms with Crippen molar-refractivity contribution in [1.29, 1.82) is 0 Å². The molecule has 0 radical (unpaired) electrons. The van der Waals surface area contributed by atoms with Gasteiger partial charge in [-0.15, -0.1) is 0 Å². The number of amides is 1. The molecule has 7 heteroatoms. The molecule has 5 nitrogen and oxygen atoms in total. The minimum absolute atomic E-state index is 0.175.